The predicted molar refractivity (Wildman–Crippen MR) is 201 cm³/mol. The van der Waals surface area contributed by atoms with E-state index in [9.17, 15) is 0 Å². The standard InChI is InChI=1S/C42H34BN3S/c1-41-25-11-12-26-42(41,2)46-33-23-14-22-32-35(33)43(31-21-13-20-30(41)38(31)46)36-39-37(29-19-9-10-24-34(29)47-39)45(28-17-7-4-8-18-28)40(36)44(32)27-15-5-3-6-16-27/h3-10,13-24H,11-12,25-26H2,1-2H3. The van der Waals surface area contributed by atoms with Gasteiger partial charge in [0, 0.05) is 43.9 Å². The second-order valence-corrected chi connectivity index (χ2v) is 15.4. The van der Waals surface area contributed by atoms with Crippen molar-refractivity contribution in [2.24, 2.45) is 0 Å². The molecule has 0 saturated heterocycles. The summed E-state index contributed by atoms with van der Waals surface area (Å²) in [6.45, 7) is 5.26. The molecule has 1 aliphatic carbocycles. The molecular weight excluding hydrogens is 589 g/mol. The number of hydrogen-bond acceptors (Lipinski definition) is 3. The molecular formula is C42H34BN3S. The van der Waals surface area contributed by atoms with Crippen molar-refractivity contribution >= 4 is 83.3 Å². The molecule has 0 bridgehead atoms. The van der Waals surface area contributed by atoms with Crippen molar-refractivity contribution in [3.63, 3.8) is 0 Å². The van der Waals surface area contributed by atoms with E-state index >= 15 is 0 Å². The molecule has 3 nitrogen and oxygen atoms in total. The Morgan fingerprint density at radius 3 is 2.19 bits per heavy atom. The lowest BCUT2D eigenvalue weighted by molar-refractivity contribution is 0.195. The van der Waals surface area contributed by atoms with E-state index in [1.807, 2.05) is 11.3 Å². The third kappa shape index (κ3) is 3.06. The molecule has 2 unspecified atom stereocenters. The minimum atomic E-state index is 0.0323. The number of nitrogens with zero attached hydrogens (tertiary/aromatic N) is 3. The Hall–Kier alpha value is -4.74. The first-order chi connectivity index (χ1) is 23.1. The van der Waals surface area contributed by atoms with Gasteiger partial charge in [0.05, 0.1) is 15.8 Å². The minimum Gasteiger partial charge on any atom is -0.335 e. The number of fused-ring (bicyclic) bond motifs is 11. The summed E-state index contributed by atoms with van der Waals surface area (Å²) in [7, 11) is 0. The number of thiophene rings is 1. The summed E-state index contributed by atoms with van der Waals surface area (Å²) in [6.07, 6.45) is 5.04. The fourth-order valence-corrected chi connectivity index (χ4v) is 11.4. The van der Waals surface area contributed by atoms with Crippen LogP contribution in [-0.4, -0.2) is 16.8 Å². The average molecular weight is 624 g/mol. The second-order valence-electron chi connectivity index (χ2n) is 14.4. The molecule has 1 saturated carbocycles. The van der Waals surface area contributed by atoms with Crippen molar-refractivity contribution in [3.8, 4) is 5.69 Å². The first kappa shape index (κ1) is 26.3. The molecule has 2 atom stereocenters. The molecule has 0 amide bonds. The van der Waals surface area contributed by atoms with E-state index in [0.717, 1.165) is 0 Å². The van der Waals surface area contributed by atoms with Crippen LogP contribution in [0.2, 0.25) is 0 Å². The molecule has 1 fully saturated rings. The molecule has 11 rings (SSSR count). The van der Waals surface area contributed by atoms with Crippen LogP contribution in [0.4, 0.5) is 28.6 Å². The Morgan fingerprint density at radius 2 is 1.36 bits per heavy atom. The predicted octanol–water partition coefficient (Wildman–Crippen LogP) is 9.20. The maximum atomic E-state index is 2.82. The van der Waals surface area contributed by atoms with Crippen LogP contribution in [0.15, 0.2) is 121 Å². The number of anilines is 5. The Morgan fingerprint density at radius 1 is 0.660 bits per heavy atom. The summed E-state index contributed by atoms with van der Waals surface area (Å²) in [5.74, 6) is 1.27. The quantitative estimate of drug-likeness (QED) is 0.178. The highest BCUT2D eigenvalue weighted by molar-refractivity contribution is 7.28. The number of aromatic nitrogens is 1. The van der Waals surface area contributed by atoms with Gasteiger partial charge in [-0.3, -0.25) is 9.47 Å². The summed E-state index contributed by atoms with van der Waals surface area (Å²) in [5, 5.41) is 1.32. The lowest BCUT2D eigenvalue weighted by atomic mass is 9.34. The van der Waals surface area contributed by atoms with Crippen LogP contribution in [0.5, 0.6) is 0 Å². The topological polar surface area (TPSA) is 11.4 Å². The van der Waals surface area contributed by atoms with Crippen molar-refractivity contribution in [1.29, 1.82) is 0 Å². The zero-order chi connectivity index (χ0) is 31.1. The fraction of sp³-hybridized carbons (Fsp3) is 0.190. The van der Waals surface area contributed by atoms with Crippen LogP contribution in [0.1, 0.15) is 45.1 Å². The fourth-order valence-electron chi connectivity index (χ4n) is 10.1. The van der Waals surface area contributed by atoms with Gasteiger partial charge in [0.25, 0.3) is 6.71 Å². The molecule has 3 aliphatic heterocycles. The molecule has 0 spiro atoms. The SMILES string of the molecule is CC12CCCCC1(C)N1c3cccc4c3B(c3cccc2c31)c1c(n(-c2ccccc2)c2c1sc1ccccc12)N4c1ccccc1. The van der Waals surface area contributed by atoms with E-state index in [1.54, 1.807) is 5.56 Å². The largest absolute Gasteiger partial charge is 0.335 e. The van der Waals surface area contributed by atoms with Gasteiger partial charge in [-0.15, -0.1) is 11.3 Å². The van der Waals surface area contributed by atoms with Crippen LogP contribution >= 0.6 is 11.3 Å². The van der Waals surface area contributed by atoms with Gasteiger partial charge in [-0.25, -0.2) is 0 Å². The highest BCUT2D eigenvalue weighted by atomic mass is 32.1. The molecule has 47 heavy (non-hydrogen) atoms. The molecule has 2 aromatic heterocycles. The smallest absolute Gasteiger partial charge is 0.256 e. The molecule has 0 N–H and O–H groups in total. The number of benzene rings is 5. The molecule has 226 valence electrons. The second kappa shape index (κ2) is 8.99. The third-order valence-corrected chi connectivity index (χ3v) is 13.5. The van der Waals surface area contributed by atoms with E-state index in [2.05, 4.69) is 150 Å². The minimum absolute atomic E-state index is 0.0323. The van der Waals surface area contributed by atoms with Gasteiger partial charge in [-0.05, 0) is 84.2 Å². The van der Waals surface area contributed by atoms with Crippen LogP contribution in [0.3, 0.4) is 0 Å². The number of rotatable bonds is 2. The van der Waals surface area contributed by atoms with Crippen LogP contribution in [0, 0.1) is 0 Å². The Balaban J connectivity index is 1.34. The van der Waals surface area contributed by atoms with E-state index in [4.69, 9.17) is 0 Å². The molecule has 5 heterocycles. The first-order valence-corrected chi connectivity index (χ1v) is 17.9. The molecule has 5 aromatic carbocycles. The van der Waals surface area contributed by atoms with E-state index < -0.39 is 0 Å². The van der Waals surface area contributed by atoms with Gasteiger partial charge < -0.3 is 4.90 Å². The molecule has 7 aromatic rings. The highest BCUT2D eigenvalue weighted by Crippen LogP contribution is 2.61. The average Bonchev–Trinajstić information content (AvgIpc) is 3.71. The lowest BCUT2D eigenvalue weighted by Gasteiger charge is -2.52. The molecule has 4 aliphatic rings. The highest BCUT2D eigenvalue weighted by Gasteiger charge is 2.61. The van der Waals surface area contributed by atoms with E-state index in [1.165, 1.54) is 96.6 Å². The normalized spacial score (nSPS) is 22.0. The van der Waals surface area contributed by atoms with Crippen LogP contribution < -0.4 is 26.2 Å². The summed E-state index contributed by atoms with van der Waals surface area (Å²) in [6, 6.07) is 45.5. The van der Waals surface area contributed by atoms with Crippen LogP contribution in [0.25, 0.3) is 26.0 Å². The van der Waals surface area contributed by atoms with Gasteiger partial charge in [-0.2, -0.15) is 0 Å². The van der Waals surface area contributed by atoms with E-state index in [0.29, 0.717) is 0 Å². The Labute approximate surface area is 279 Å². The van der Waals surface area contributed by atoms with Crippen molar-refractivity contribution in [2.45, 2.75) is 50.5 Å². The maximum Gasteiger partial charge on any atom is 0.256 e. The Bertz CT molecular complexity index is 2430. The zero-order valence-corrected chi connectivity index (χ0v) is 27.5. The molecule has 0 radical (unpaired) electrons. The third-order valence-electron chi connectivity index (χ3n) is 12.3. The van der Waals surface area contributed by atoms with Gasteiger partial charge in [0.1, 0.15) is 5.82 Å². The van der Waals surface area contributed by atoms with Crippen LogP contribution in [-0.2, 0) is 5.41 Å². The van der Waals surface area contributed by atoms with Crippen molar-refractivity contribution < 1.29 is 0 Å². The van der Waals surface area contributed by atoms with Crippen molar-refractivity contribution in [1.82, 2.24) is 4.57 Å². The van der Waals surface area contributed by atoms with Gasteiger partial charge in [-0.1, -0.05) is 98.6 Å². The summed E-state index contributed by atoms with van der Waals surface area (Å²) < 4.78 is 5.32. The lowest BCUT2D eigenvalue weighted by Crippen LogP contribution is -2.64. The van der Waals surface area contributed by atoms with Crippen molar-refractivity contribution in [3.05, 3.63) is 127 Å². The monoisotopic (exact) mass is 623 g/mol. The summed E-state index contributed by atoms with van der Waals surface area (Å²) in [5.41, 5.74) is 13.9. The van der Waals surface area contributed by atoms with Gasteiger partial charge in [0.15, 0.2) is 0 Å². The van der Waals surface area contributed by atoms with Gasteiger partial charge in [0.2, 0.25) is 0 Å². The first-order valence-electron chi connectivity index (χ1n) is 17.1. The number of hydrogen-bond donors (Lipinski definition) is 0. The van der Waals surface area contributed by atoms with E-state index in [-0.39, 0.29) is 17.7 Å². The zero-order valence-electron chi connectivity index (χ0n) is 26.7. The van der Waals surface area contributed by atoms with Crippen molar-refractivity contribution in [2.75, 3.05) is 9.80 Å². The Kier molecular flexibility index (Phi) is 5.04. The maximum absolute atomic E-state index is 2.82. The summed E-state index contributed by atoms with van der Waals surface area (Å²) in [4.78, 5) is 5.39. The van der Waals surface area contributed by atoms with Gasteiger partial charge >= 0.3 is 0 Å². The summed E-state index contributed by atoms with van der Waals surface area (Å²) >= 11 is 1.97. The number of para-hydroxylation sites is 3. The molecule has 5 heteroatoms.